The molecular weight excluding hydrogens is 256 g/mol. The molecule has 2 N–H and O–H groups in total. The lowest BCUT2D eigenvalue weighted by Gasteiger charge is -2.39. The van der Waals surface area contributed by atoms with Crippen molar-refractivity contribution in [3.05, 3.63) is 0 Å². The average Bonchev–Trinajstić information content (AvgIpc) is 2.33. The summed E-state index contributed by atoms with van der Waals surface area (Å²) in [6.45, 7) is 11.6. The lowest BCUT2D eigenvalue weighted by atomic mass is 9.89. The first kappa shape index (κ1) is 17.0. The monoisotopic (exact) mass is 284 g/mol. The van der Waals surface area contributed by atoms with Gasteiger partial charge < -0.3 is 15.3 Å². The van der Waals surface area contributed by atoms with Crippen LogP contribution in [0.4, 0.5) is 0 Å². The zero-order valence-electron chi connectivity index (χ0n) is 13.3. The highest BCUT2D eigenvalue weighted by atomic mass is 16.4. The molecule has 0 saturated carbocycles. The lowest BCUT2D eigenvalue weighted by molar-refractivity contribution is -0.149. The quantitative estimate of drug-likeness (QED) is 0.822. The number of amides is 1. The molecule has 20 heavy (non-hydrogen) atoms. The molecule has 0 aliphatic carbocycles. The predicted octanol–water partition coefficient (Wildman–Crippen LogP) is 1.58. The SMILES string of the molecule is CC(C)CNC1CC(C(=O)O)CN(C(=O)C(C)(C)C)C1. The Hall–Kier alpha value is -1.10. The molecule has 1 amide bonds. The number of carbonyl (C=O) groups is 2. The third kappa shape index (κ3) is 4.78. The molecule has 0 spiro atoms. The molecule has 0 aromatic heterocycles. The van der Waals surface area contributed by atoms with Crippen LogP contribution in [0.5, 0.6) is 0 Å². The maximum atomic E-state index is 12.4. The van der Waals surface area contributed by atoms with Crippen LogP contribution in [0, 0.1) is 17.3 Å². The minimum atomic E-state index is -0.812. The van der Waals surface area contributed by atoms with E-state index in [0.29, 0.717) is 25.4 Å². The summed E-state index contributed by atoms with van der Waals surface area (Å²) in [6, 6.07) is 0.0681. The first-order valence-corrected chi connectivity index (χ1v) is 7.36. The van der Waals surface area contributed by atoms with E-state index in [0.717, 1.165) is 6.54 Å². The van der Waals surface area contributed by atoms with Crippen molar-refractivity contribution in [2.75, 3.05) is 19.6 Å². The number of carbonyl (C=O) groups excluding carboxylic acids is 1. The maximum absolute atomic E-state index is 12.4. The van der Waals surface area contributed by atoms with Gasteiger partial charge in [0, 0.05) is 24.5 Å². The smallest absolute Gasteiger partial charge is 0.308 e. The number of likely N-dealkylation sites (tertiary alicyclic amines) is 1. The van der Waals surface area contributed by atoms with E-state index in [1.165, 1.54) is 0 Å². The van der Waals surface area contributed by atoms with E-state index in [1.54, 1.807) is 4.90 Å². The van der Waals surface area contributed by atoms with Gasteiger partial charge in [0.15, 0.2) is 0 Å². The molecular formula is C15H28N2O3. The van der Waals surface area contributed by atoms with Crippen molar-refractivity contribution in [2.24, 2.45) is 17.3 Å². The summed E-state index contributed by atoms with van der Waals surface area (Å²) in [5.41, 5.74) is -0.469. The van der Waals surface area contributed by atoms with Crippen LogP contribution in [0.25, 0.3) is 0 Å². The van der Waals surface area contributed by atoms with Gasteiger partial charge in [0.25, 0.3) is 0 Å². The van der Waals surface area contributed by atoms with Crippen LogP contribution in [0.1, 0.15) is 41.0 Å². The van der Waals surface area contributed by atoms with E-state index in [1.807, 2.05) is 20.8 Å². The number of nitrogens with one attached hydrogen (secondary N) is 1. The van der Waals surface area contributed by atoms with Gasteiger partial charge in [-0.1, -0.05) is 34.6 Å². The summed E-state index contributed by atoms with van der Waals surface area (Å²) in [6.07, 6.45) is 0.593. The molecule has 5 nitrogen and oxygen atoms in total. The van der Waals surface area contributed by atoms with Crippen LogP contribution in [0.2, 0.25) is 0 Å². The van der Waals surface area contributed by atoms with Crippen LogP contribution in [-0.4, -0.2) is 47.6 Å². The number of piperidine rings is 1. The molecule has 0 aromatic rings. The predicted molar refractivity (Wildman–Crippen MR) is 78.4 cm³/mol. The van der Waals surface area contributed by atoms with Gasteiger partial charge in [-0.3, -0.25) is 9.59 Å². The summed E-state index contributed by atoms with van der Waals surface area (Å²) in [7, 11) is 0. The highest BCUT2D eigenvalue weighted by Gasteiger charge is 2.37. The molecule has 2 unspecified atom stereocenters. The Kier molecular flexibility index (Phi) is 5.57. The lowest BCUT2D eigenvalue weighted by Crippen LogP contribution is -2.55. The van der Waals surface area contributed by atoms with E-state index in [2.05, 4.69) is 19.2 Å². The van der Waals surface area contributed by atoms with Crippen molar-refractivity contribution in [2.45, 2.75) is 47.1 Å². The number of aliphatic carboxylic acids is 1. The van der Waals surface area contributed by atoms with Crippen molar-refractivity contribution in [1.29, 1.82) is 0 Å². The number of carboxylic acids is 1. The fourth-order valence-electron chi connectivity index (χ4n) is 2.47. The Morgan fingerprint density at radius 3 is 2.35 bits per heavy atom. The van der Waals surface area contributed by atoms with Gasteiger partial charge in [0.05, 0.1) is 5.92 Å². The Labute approximate surface area is 121 Å². The molecule has 1 aliphatic rings. The second kappa shape index (κ2) is 6.57. The molecule has 5 heteroatoms. The minimum Gasteiger partial charge on any atom is -0.481 e. The Morgan fingerprint density at radius 1 is 1.30 bits per heavy atom. The van der Waals surface area contributed by atoms with E-state index in [9.17, 15) is 14.7 Å². The topological polar surface area (TPSA) is 69.6 Å². The molecule has 0 aromatic carbocycles. The highest BCUT2D eigenvalue weighted by molar-refractivity contribution is 5.82. The standard InChI is InChI=1S/C15H28N2O3/c1-10(2)7-16-12-6-11(13(18)19)8-17(9-12)14(20)15(3,4)5/h10-12,16H,6-9H2,1-5H3,(H,18,19). The van der Waals surface area contributed by atoms with E-state index in [-0.39, 0.29) is 11.9 Å². The van der Waals surface area contributed by atoms with E-state index < -0.39 is 17.3 Å². The van der Waals surface area contributed by atoms with E-state index in [4.69, 9.17) is 0 Å². The molecule has 2 atom stereocenters. The van der Waals surface area contributed by atoms with Crippen LogP contribution in [0.3, 0.4) is 0 Å². The van der Waals surface area contributed by atoms with Crippen molar-refractivity contribution in [3.63, 3.8) is 0 Å². The number of nitrogens with zero attached hydrogens (tertiary/aromatic N) is 1. The molecule has 116 valence electrons. The summed E-state index contributed by atoms with van der Waals surface area (Å²) in [5.74, 6) is -0.751. The summed E-state index contributed by atoms with van der Waals surface area (Å²) in [4.78, 5) is 25.4. The van der Waals surface area contributed by atoms with Gasteiger partial charge in [-0.15, -0.1) is 0 Å². The molecule has 1 fully saturated rings. The van der Waals surface area contributed by atoms with Crippen LogP contribution >= 0.6 is 0 Å². The van der Waals surface area contributed by atoms with Crippen molar-refractivity contribution < 1.29 is 14.7 Å². The summed E-state index contributed by atoms with van der Waals surface area (Å²) < 4.78 is 0. The number of hydrogen-bond donors (Lipinski definition) is 2. The van der Waals surface area contributed by atoms with Gasteiger partial charge >= 0.3 is 5.97 Å². The zero-order chi connectivity index (χ0) is 15.5. The molecule has 0 radical (unpaired) electrons. The maximum Gasteiger partial charge on any atom is 0.308 e. The first-order chi connectivity index (χ1) is 9.11. The molecule has 1 rings (SSSR count). The van der Waals surface area contributed by atoms with Gasteiger partial charge in [0.1, 0.15) is 0 Å². The molecule has 1 heterocycles. The third-order valence-corrected chi connectivity index (χ3v) is 3.54. The fourth-order valence-corrected chi connectivity index (χ4v) is 2.47. The fraction of sp³-hybridized carbons (Fsp3) is 0.867. The number of carboxylic acid groups (broad SMARTS) is 1. The zero-order valence-corrected chi connectivity index (χ0v) is 13.3. The van der Waals surface area contributed by atoms with Crippen LogP contribution in [-0.2, 0) is 9.59 Å². The first-order valence-electron chi connectivity index (χ1n) is 7.36. The van der Waals surface area contributed by atoms with Crippen LogP contribution in [0.15, 0.2) is 0 Å². The average molecular weight is 284 g/mol. The van der Waals surface area contributed by atoms with Crippen molar-refractivity contribution >= 4 is 11.9 Å². The van der Waals surface area contributed by atoms with Gasteiger partial charge in [0.2, 0.25) is 5.91 Å². The largest absolute Gasteiger partial charge is 0.481 e. The number of hydrogen-bond acceptors (Lipinski definition) is 3. The molecule has 1 aliphatic heterocycles. The Morgan fingerprint density at radius 2 is 1.90 bits per heavy atom. The van der Waals surface area contributed by atoms with Gasteiger partial charge in [-0.25, -0.2) is 0 Å². The summed E-state index contributed by atoms with van der Waals surface area (Å²) >= 11 is 0. The second-order valence-corrected chi connectivity index (χ2v) is 7.23. The van der Waals surface area contributed by atoms with Crippen molar-refractivity contribution in [3.8, 4) is 0 Å². The Balaban J connectivity index is 2.75. The minimum absolute atomic E-state index is 0.0276. The molecule has 1 saturated heterocycles. The number of rotatable bonds is 4. The van der Waals surface area contributed by atoms with Crippen molar-refractivity contribution in [1.82, 2.24) is 10.2 Å². The van der Waals surface area contributed by atoms with E-state index >= 15 is 0 Å². The van der Waals surface area contributed by atoms with Gasteiger partial charge in [-0.2, -0.15) is 0 Å². The Bertz CT molecular complexity index is 361. The molecule has 0 bridgehead atoms. The highest BCUT2D eigenvalue weighted by Crippen LogP contribution is 2.24. The van der Waals surface area contributed by atoms with Crippen LogP contribution < -0.4 is 5.32 Å². The van der Waals surface area contributed by atoms with Gasteiger partial charge in [-0.05, 0) is 18.9 Å². The normalized spacial score (nSPS) is 24.0. The second-order valence-electron chi connectivity index (χ2n) is 7.23. The third-order valence-electron chi connectivity index (χ3n) is 3.54. The summed E-state index contributed by atoms with van der Waals surface area (Å²) in [5, 5.41) is 12.7.